The van der Waals surface area contributed by atoms with Gasteiger partial charge in [-0.15, -0.1) is 0 Å². The number of furan rings is 1. The van der Waals surface area contributed by atoms with E-state index in [0.29, 0.717) is 12.0 Å². The summed E-state index contributed by atoms with van der Waals surface area (Å²) in [5.74, 6) is 2.69. The molecule has 0 bridgehead atoms. The van der Waals surface area contributed by atoms with Crippen molar-refractivity contribution in [3.05, 3.63) is 35.6 Å². The van der Waals surface area contributed by atoms with Crippen molar-refractivity contribution >= 4 is 11.0 Å². The van der Waals surface area contributed by atoms with Crippen molar-refractivity contribution in [3.8, 4) is 0 Å². The van der Waals surface area contributed by atoms with E-state index in [-0.39, 0.29) is 0 Å². The van der Waals surface area contributed by atoms with Crippen molar-refractivity contribution in [2.24, 2.45) is 11.8 Å². The normalized spacial score (nSPS) is 24.4. The predicted molar refractivity (Wildman–Crippen MR) is 83.9 cm³/mol. The summed E-state index contributed by atoms with van der Waals surface area (Å²) in [7, 11) is 0. The van der Waals surface area contributed by atoms with Crippen molar-refractivity contribution < 1.29 is 4.42 Å². The molecule has 0 aliphatic heterocycles. The van der Waals surface area contributed by atoms with E-state index in [4.69, 9.17) is 4.42 Å². The Kier molecular flexibility index (Phi) is 3.84. The number of hydrogen-bond acceptors (Lipinski definition) is 2. The van der Waals surface area contributed by atoms with E-state index in [9.17, 15) is 0 Å². The van der Waals surface area contributed by atoms with Crippen molar-refractivity contribution in [1.82, 2.24) is 5.32 Å². The molecule has 1 N–H and O–H groups in total. The number of benzene rings is 1. The minimum atomic E-state index is 0.373. The summed E-state index contributed by atoms with van der Waals surface area (Å²) in [5, 5.41) is 4.87. The maximum Gasteiger partial charge on any atom is 0.134 e. The van der Waals surface area contributed by atoms with Crippen LogP contribution in [0.5, 0.6) is 0 Å². The van der Waals surface area contributed by atoms with Gasteiger partial charge in [0.15, 0.2) is 0 Å². The number of fused-ring (bicyclic) bond motifs is 1. The third kappa shape index (κ3) is 2.62. The average Bonchev–Trinajstić information content (AvgIpc) is 3.01. The highest BCUT2D eigenvalue weighted by molar-refractivity contribution is 5.78. The summed E-state index contributed by atoms with van der Waals surface area (Å²) in [4.78, 5) is 0. The van der Waals surface area contributed by atoms with Crippen LogP contribution in [0.15, 0.2) is 28.7 Å². The van der Waals surface area contributed by atoms with E-state index in [0.717, 1.165) is 23.8 Å². The van der Waals surface area contributed by atoms with Crippen molar-refractivity contribution in [3.63, 3.8) is 0 Å². The first kappa shape index (κ1) is 13.7. The topological polar surface area (TPSA) is 25.2 Å². The quantitative estimate of drug-likeness (QED) is 0.861. The van der Waals surface area contributed by atoms with Crippen LogP contribution < -0.4 is 5.32 Å². The van der Waals surface area contributed by atoms with E-state index in [1.54, 1.807) is 0 Å². The molecule has 1 heterocycles. The van der Waals surface area contributed by atoms with E-state index < -0.39 is 0 Å². The molecule has 108 valence electrons. The minimum Gasteiger partial charge on any atom is -0.459 e. The average molecular weight is 271 g/mol. The summed E-state index contributed by atoms with van der Waals surface area (Å²) in [6.07, 6.45) is 3.98. The molecule has 1 aromatic heterocycles. The fourth-order valence-electron chi connectivity index (χ4n) is 3.61. The van der Waals surface area contributed by atoms with Crippen LogP contribution in [0, 0.1) is 18.8 Å². The fraction of sp³-hybridized carbons (Fsp3) is 0.556. The van der Waals surface area contributed by atoms with Gasteiger partial charge in [-0.05, 0) is 56.3 Å². The lowest BCUT2D eigenvalue weighted by molar-refractivity contribution is 0.318. The molecule has 0 spiro atoms. The summed E-state index contributed by atoms with van der Waals surface area (Å²) in [5.41, 5.74) is 2.30. The lowest BCUT2D eigenvalue weighted by Gasteiger charge is -2.22. The molecule has 3 rings (SSSR count). The Bertz CT molecular complexity index is 586. The smallest absolute Gasteiger partial charge is 0.134 e. The summed E-state index contributed by atoms with van der Waals surface area (Å²) in [6, 6.07) is 9.03. The van der Waals surface area contributed by atoms with Gasteiger partial charge in [-0.25, -0.2) is 0 Å². The first-order valence-electron chi connectivity index (χ1n) is 7.91. The van der Waals surface area contributed by atoms with Crippen LogP contribution in [0.2, 0.25) is 0 Å². The largest absolute Gasteiger partial charge is 0.459 e. The first-order valence-corrected chi connectivity index (χ1v) is 7.91. The van der Waals surface area contributed by atoms with Crippen LogP contribution in [-0.2, 0) is 0 Å². The molecule has 3 unspecified atom stereocenters. The molecule has 0 amide bonds. The minimum absolute atomic E-state index is 0.373. The molecule has 3 atom stereocenters. The van der Waals surface area contributed by atoms with Crippen molar-refractivity contribution in [1.29, 1.82) is 0 Å². The van der Waals surface area contributed by atoms with Gasteiger partial charge in [0.2, 0.25) is 0 Å². The van der Waals surface area contributed by atoms with Gasteiger partial charge < -0.3 is 9.73 Å². The molecule has 1 aliphatic carbocycles. The highest BCUT2D eigenvalue weighted by Gasteiger charge is 2.31. The summed E-state index contributed by atoms with van der Waals surface area (Å²) < 4.78 is 6.12. The number of rotatable bonds is 4. The zero-order valence-corrected chi connectivity index (χ0v) is 12.8. The molecular formula is C18H25NO. The van der Waals surface area contributed by atoms with Gasteiger partial charge >= 0.3 is 0 Å². The summed E-state index contributed by atoms with van der Waals surface area (Å²) >= 11 is 0. The van der Waals surface area contributed by atoms with E-state index in [1.807, 2.05) is 0 Å². The Morgan fingerprint density at radius 3 is 2.85 bits per heavy atom. The maximum absolute atomic E-state index is 6.12. The number of hydrogen-bond donors (Lipinski definition) is 1. The van der Waals surface area contributed by atoms with Crippen LogP contribution >= 0.6 is 0 Å². The molecule has 2 heteroatoms. The van der Waals surface area contributed by atoms with Gasteiger partial charge in [0.25, 0.3) is 0 Å². The Morgan fingerprint density at radius 2 is 2.15 bits per heavy atom. The number of aryl methyl sites for hydroxylation is 1. The van der Waals surface area contributed by atoms with Gasteiger partial charge in [0.05, 0.1) is 6.04 Å². The second-order valence-corrected chi connectivity index (χ2v) is 6.40. The molecule has 2 nitrogen and oxygen atoms in total. The third-order valence-electron chi connectivity index (χ3n) is 4.63. The van der Waals surface area contributed by atoms with Crippen LogP contribution in [0.4, 0.5) is 0 Å². The Balaban J connectivity index is 1.92. The van der Waals surface area contributed by atoms with E-state index in [2.05, 4.69) is 50.4 Å². The molecule has 1 saturated carbocycles. The Hall–Kier alpha value is -1.28. The zero-order chi connectivity index (χ0) is 14.1. The monoisotopic (exact) mass is 271 g/mol. The van der Waals surface area contributed by atoms with Gasteiger partial charge in [0, 0.05) is 5.39 Å². The molecule has 1 aliphatic rings. The SMILES string of the molecule is CCNC(c1cc2cc(C)ccc2o1)C1CCC(C)C1. The van der Waals surface area contributed by atoms with Crippen LogP contribution in [0.25, 0.3) is 11.0 Å². The molecule has 0 radical (unpaired) electrons. The fourth-order valence-corrected chi connectivity index (χ4v) is 3.61. The Labute approximate surface area is 121 Å². The molecule has 20 heavy (non-hydrogen) atoms. The van der Waals surface area contributed by atoms with Crippen LogP contribution in [-0.4, -0.2) is 6.54 Å². The molecule has 0 saturated heterocycles. The van der Waals surface area contributed by atoms with E-state index >= 15 is 0 Å². The number of nitrogens with one attached hydrogen (secondary N) is 1. The highest BCUT2D eigenvalue weighted by Crippen LogP contribution is 2.40. The second kappa shape index (κ2) is 5.61. The van der Waals surface area contributed by atoms with Gasteiger partial charge in [0.1, 0.15) is 11.3 Å². The van der Waals surface area contributed by atoms with Gasteiger partial charge in [-0.2, -0.15) is 0 Å². The van der Waals surface area contributed by atoms with E-state index in [1.165, 1.54) is 30.2 Å². The third-order valence-corrected chi connectivity index (χ3v) is 4.63. The molecule has 1 fully saturated rings. The highest BCUT2D eigenvalue weighted by atomic mass is 16.3. The summed E-state index contributed by atoms with van der Waals surface area (Å²) in [6.45, 7) is 7.67. The maximum atomic E-state index is 6.12. The lowest BCUT2D eigenvalue weighted by atomic mass is 9.94. The van der Waals surface area contributed by atoms with Gasteiger partial charge in [-0.3, -0.25) is 0 Å². The first-order chi connectivity index (χ1) is 9.67. The van der Waals surface area contributed by atoms with Crippen molar-refractivity contribution in [2.45, 2.75) is 46.1 Å². The standard InChI is InChI=1S/C18H25NO/c1-4-19-18(14-7-5-12(2)9-14)17-11-15-10-13(3)6-8-16(15)20-17/h6,8,10-12,14,18-19H,4-5,7,9H2,1-3H3. The molecular weight excluding hydrogens is 246 g/mol. The predicted octanol–water partition coefficient (Wildman–Crippen LogP) is 4.83. The van der Waals surface area contributed by atoms with Crippen LogP contribution in [0.1, 0.15) is 50.5 Å². The Morgan fingerprint density at radius 1 is 1.30 bits per heavy atom. The van der Waals surface area contributed by atoms with Gasteiger partial charge in [-0.1, -0.05) is 31.9 Å². The molecule has 2 aromatic rings. The molecule has 1 aromatic carbocycles. The second-order valence-electron chi connectivity index (χ2n) is 6.40. The van der Waals surface area contributed by atoms with Crippen LogP contribution in [0.3, 0.4) is 0 Å². The zero-order valence-electron chi connectivity index (χ0n) is 12.8. The lowest BCUT2D eigenvalue weighted by Crippen LogP contribution is -2.26. The van der Waals surface area contributed by atoms with Crippen molar-refractivity contribution in [2.75, 3.05) is 6.54 Å².